The molecule has 3 unspecified atom stereocenters. The summed E-state index contributed by atoms with van der Waals surface area (Å²) in [7, 11) is -9.29. The van der Waals surface area contributed by atoms with Crippen LogP contribution in [-0.4, -0.2) is 47.3 Å². The average molecular weight is 589 g/mol. The number of hydrogen-bond donors (Lipinski definition) is 0. The molecule has 1 heterocycles. The summed E-state index contributed by atoms with van der Waals surface area (Å²) < 4.78 is 77.8. The van der Waals surface area contributed by atoms with E-state index in [0.29, 0.717) is 5.92 Å². The number of hydrogen-bond acceptors (Lipinski definition) is 11. The van der Waals surface area contributed by atoms with Crippen LogP contribution < -0.4 is 0 Å². The van der Waals surface area contributed by atoms with Gasteiger partial charge in [-0.15, -0.1) is 0 Å². The molecule has 1 aliphatic heterocycles. The molecule has 1 saturated heterocycles. The maximum Gasteiger partial charge on any atom is 0.492 e. The van der Waals surface area contributed by atoms with Gasteiger partial charge in [-0.25, -0.2) is 13.7 Å². The predicted molar refractivity (Wildman–Crippen MR) is 138 cm³/mol. The van der Waals surface area contributed by atoms with Crippen LogP contribution in [0, 0.1) is 17.8 Å². The van der Waals surface area contributed by atoms with Crippen molar-refractivity contribution in [2.24, 2.45) is 17.8 Å². The number of phosphoric acid groups is 3. The lowest BCUT2D eigenvalue weighted by atomic mass is 9.64. The minimum Gasteiger partial charge on any atom is -0.372 e. The van der Waals surface area contributed by atoms with Gasteiger partial charge < -0.3 is 4.74 Å². The number of phosphoric ester groups is 2. The molecule has 2 fully saturated rings. The molecule has 0 bridgehead atoms. The molecule has 0 spiro atoms. The van der Waals surface area contributed by atoms with Gasteiger partial charge in [0.15, 0.2) is 0 Å². The van der Waals surface area contributed by atoms with Gasteiger partial charge in [0.05, 0.1) is 18.8 Å². The van der Waals surface area contributed by atoms with Crippen LogP contribution in [0.1, 0.15) is 70.6 Å². The van der Waals surface area contributed by atoms with Crippen molar-refractivity contribution < 1.29 is 49.7 Å². The van der Waals surface area contributed by atoms with Crippen molar-refractivity contribution in [1.29, 1.82) is 0 Å². The second kappa shape index (κ2) is 14.7. The zero-order valence-electron chi connectivity index (χ0n) is 22.4. The highest BCUT2D eigenvalue weighted by Crippen LogP contribution is 2.72. The summed E-state index contributed by atoms with van der Waals surface area (Å²) in [4.78, 5) is 0. The van der Waals surface area contributed by atoms with Gasteiger partial charge in [0, 0.05) is 28.4 Å². The Balaban J connectivity index is 1.45. The first-order valence-electron chi connectivity index (χ1n) is 13.1. The van der Waals surface area contributed by atoms with Crippen LogP contribution in [0.25, 0.3) is 0 Å². The Bertz CT molecular complexity index is 868. The molecular formula is C23H43O11P3. The first-order valence-corrected chi connectivity index (χ1v) is 17.5. The highest BCUT2D eigenvalue weighted by molar-refractivity contribution is 7.67. The Labute approximate surface area is 221 Å². The minimum atomic E-state index is -4.68. The van der Waals surface area contributed by atoms with Crippen molar-refractivity contribution in [3.8, 4) is 0 Å². The van der Waals surface area contributed by atoms with Crippen molar-refractivity contribution in [3.63, 3.8) is 0 Å². The third kappa shape index (κ3) is 9.33. The number of allylic oxidation sites excluding steroid dienone is 2. The van der Waals surface area contributed by atoms with E-state index in [-0.39, 0.29) is 18.8 Å². The Morgan fingerprint density at radius 1 is 0.676 bits per heavy atom. The van der Waals surface area contributed by atoms with Gasteiger partial charge in [0.25, 0.3) is 0 Å². The van der Waals surface area contributed by atoms with Gasteiger partial charge in [-0.1, -0.05) is 31.4 Å². The maximum atomic E-state index is 12.9. The Hall–Kier alpha value is 0.110. The second-order valence-corrected chi connectivity index (χ2v) is 15.6. The molecule has 0 aromatic rings. The van der Waals surface area contributed by atoms with E-state index in [4.69, 9.17) is 22.4 Å². The molecule has 0 aromatic carbocycles. The molecule has 216 valence electrons. The average Bonchev–Trinajstić information content (AvgIpc) is 3.34. The molecule has 3 rings (SSSR count). The van der Waals surface area contributed by atoms with E-state index in [0.717, 1.165) is 53.1 Å². The highest BCUT2D eigenvalue weighted by Gasteiger charge is 2.47. The van der Waals surface area contributed by atoms with Crippen molar-refractivity contribution in [2.75, 3.05) is 35.0 Å². The van der Waals surface area contributed by atoms with E-state index in [1.165, 1.54) is 57.8 Å². The summed E-state index contributed by atoms with van der Waals surface area (Å²) >= 11 is 0. The van der Waals surface area contributed by atoms with Crippen molar-refractivity contribution in [2.45, 2.75) is 82.8 Å². The smallest absolute Gasteiger partial charge is 0.372 e. The zero-order valence-corrected chi connectivity index (χ0v) is 25.0. The fourth-order valence-electron chi connectivity index (χ4n) is 5.36. The van der Waals surface area contributed by atoms with Gasteiger partial charge in [-0.2, -0.15) is 8.62 Å². The first kappa shape index (κ1) is 31.6. The van der Waals surface area contributed by atoms with Gasteiger partial charge in [0.1, 0.15) is 0 Å². The van der Waals surface area contributed by atoms with E-state index < -0.39 is 23.5 Å². The molecule has 0 radical (unpaired) electrons. The maximum absolute atomic E-state index is 12.9. The van der Waals surface area contributed by atoms with E-state index >= 15 is 0 Å². The Morgan fingerprint density at radius 2 is 1.32 bits per heavy atom. The van der Waals surface area contributed by atoms with E-state index in [2.05, 4.69) is 25.7 Å². The molecule has 0 aromatic heterocycles. The lowest BCUT2D eigenvalue weighted by Gasteiger charge is -2.43. The molecule has 14 heteroatoms. The SMILES string of the molecule is COP(=O)(OC)OP(=O)(OC)OP(=O)(OC)OC[C@@H]1CC[C@H](C2CC(C3CC/C=C\CCCCC3)C2)O1. The lowest BCUT2D eigenvalue weighted by Crippen LogP contribution is -2.37. The second-order valence-electron chi connectivity index (χ2n) is 9.84. The Morgan fingerprint density at radius 3 is 2.00 bits per heavy atom. The lowest BCUT2D eigenvalue weighted by molar-refractivity contribution is -0.0555. The van der Waals surface area contributed by atoms with E-state index in [1.54, 1.807) is 0 Å². The fourth-order valence-corrected chi connectivity index (χ4v) is 9.83. The molecule has 37 heavy (non-hydrogen) atoms. The van der Waals surface area contributed by atoms with Crippen LogP contribution in [0.15, 0.2) is 12.2 Å². The van der Waals surface area contributed by atoms with E-state index in [1.807, 2.05) is 0 Å². The third-order valence-corrected chi connectivity index (χ3v) is 13.0. The molecule has 11 nitrogen and oxygen atoms in total. The quantitative estimate of drug-likeness (QED) is 0.157. The molecule has 5 atom stereocenters. The summed E-state index contributed by atoms with van der Waals surface area (Å²) in [6.45, 7) is -0.0946. The normalized spacial score (nSPS) is 33.7. The minimum absolute atomic E-state index is 0.0946. The topological polar surface area (TPSA) is 125 Å². The summed E-state index contributed by atoms with van der Waals surface area (Å²) in [5, 5.41) is 0. The molecule has 1 saturated carbocycles. The van der Waals surface area contributed by atoms with Gasteiger partial charge >= 0.3 is 23.5 Å². The van der Waals surface area contributed by atoms with Gasteiger partial charge in [-0.05, 0) is 69.1 Å². The van der Waals surface area contributed by atoms with Crippen molar-refractivity contribution >= 4 is 23.5 Å². The Kier molecular flexibility index (Phi) is 12.5. The summed E-state index contributed by atoms with van der Waals surface area (Å²) in [5.41, 5.74) is 0. The van der Waals surface area contributed by atoms with Crippen LogP contribution in [0.4, 0.5) is 0 Å². The molecule has 0 N–H and O–H groups in total. The largest absolute Gasteiger partial charge is 0.492 e. The first-order chi connectivity index (χ1) is 17.7. The molecule has 0 amide bonds. The predicted octanol–water partition coefficient (Wildman–Crippen LogP) is 7.44. The third-order valence-electron chi connectivity index (χ3n) is 7.57. The standard InChI is InChI=1S/C23H43O11P3/c1-27-35(24,28-2)33-37(26,30-4)34-36(25,29-3)31-18-22-14-15-23(32-22)21-16-20(17-21)19-12-10-8-6-5-7-9-11-13-19/h6,8,19-23H,5,7,9-18H2,1-4H3/b8-6-/t19?,20?,21?,22-,23+,36?,37?/m0/s1. The van der Waals surface area contributed by atoms with Gasteiger partial charge in [-0.3, -0.25) is 22.6 Å². The van der Waals surface area contributed by atoms with E-state index in [9.17, 15) is 13.7 Å². The van der Waals surface area contributed by atoms with Gasteiger partial charge in [0.2, 0.25) is 0 Å². The zero-order chi connectivity index (χ0) is 26.9. The van der Waals surface area contributed by atoms with Crippen LogP contribution in [0.2, 0.25) is 0 Å². The van der Waals surface area contributed by atoms with Crippen LogP contribution in [0.3, 0.4) is 0 Å². The van der Waals surface area contributed by atoms with Crippen LogP contribution in [0.5, 0.6) is 0 Å². The molecule has 2 aliphatic carbocycles. The molecule has 3 aliphatic rings. The molecular weight excluding hydrogens is 545 g/mol. The number of rotatable bonds is 13. The van der Waals surface area contributed by atoms with Crippen molar-refractivity contribution in [3.05, 3.63) is 12.2 Å². The van der Waals surface area contributed by atoms with Crippen LogP contribution in [-0.2, 0) is 49.7 Å². The monoisotopic (exact) mass is 588 g/mol. The highest BCUT2D eigenvalue weighted by atomic mass is 31.3. The fraction of sp³-hybridized carbons (Fsp3) is 0.913. The van der Waals surface area contributed by atoms with Crippen molar-refractivity contribution in [1.82, 2.24) is 0 Å². The van der Waals surface area contributed by atoms with Crippen LogP contribution >= 0.6 is 23.5 Å². The summed E-state index contributed by atoms with van der Waals surface area (Å²) in [5.74, 6) is 2.11. The summed E-state index contributed by atoms with van der Waals surface area (Å²) in [6, 6.07) is 0. The summed E-state index contributed by atoms with van der Waals surface area (Å²) in [6.07, 6.45) is 17.5. The number of ether oxygens (including phenoxy) is 1.